The molecule has 6 rings (SSSR count). The molecule has 5 nitrogen and oxygen atoms in total. The van der Waals surface area contributed by atoms with E-state index < -0.39 is 18.3 Å². The summed E-state index contributed by atoms with van der Waals surface area (Å²) in [6.07, 6.45) is 1.83. The molecule has 0 bridgehead atoms. The summed E-state index contributed by atoms with van der Waals surface area (Å²) in [5.74, 6) is 1.21. The number of hydrogen-bond donors (Lipinski definition) is 0. The van der Waals surface area contributed by atoms with Gasteiger partial charge in [0.25, 0.3) is 0 Å². The van der Waals surface area contributed by atoms with Crippen molar-refractivity contribution < 1.29 is 9.31 Å². The Kier molecular flexibility index (Phi) is 5.51. The lowest BCUT2D eigenvalue weighted by Gasteiger charge is -2.32. The fourth-order valence-corrected chi connectivity index (χ4v) is 5.03. The minimum atomic E-state index is -0.499. The van der Waals surface area contributed by atoms with Crippen LogP contribution in [0, 0.1) is 0 Å². The third-order valence-electron chi connectivity index (χ3n) is 7.80. The van der Waals surface area contributed by atoms with Crippen molar-refractivity contribution in [1.29, 1.82) is 0 Å². The molecule has 0 radical (unpaired) electrons. The van der Waals surface area contributed by atoms with Gasteiger partial charge >= 0.3 is 7.12 Å². The summed E-state index contributed by atoms with van der Waals surface area (Å²) in [5.41, 5.74) is 5.14. The number of pyridine rings is 1. The summed E-state index contributed by atoms with van der Waals surface area (Å²) in [4.78, 5) is 9.67. The molecule has 0 spiro atoms. The molecule has 5 aromatic rings. The van der Waals surface area contributed by atoms with Crippen LogP contribution in [-0.4, -0.2) is 32.9 Å². The van der Waals surface area contributed by atoms with Crippen molar-refractivity contribution in [3.63, 3.8) is 0 Å². The smallest absolute Gasteiger partial charge is 0.399 e. The van der Waals surface area contributed by atoms with Crippen LogP contribution in [-0.2, 0) is 9.31 Å². The van der Waals surface area contributed by atoms with Crippen LogP contribution in [0.15, 0.2) is 79.0 Å². The van der Waals surface area contributed by atoms with E-state index in [1.165, 1.54) is 0 Å². The summed E-state index contributed by atoms with van der Waals surface area (Å²) < 4.78 is 15.4. The van der Waals surface area contributed by atoms with Gasteiger partial charge in [0.1, 0.15) is 5.82 Å². The molecule has 0 N–H and O–H groups in total. The van der Waals surface area contributed by atoms with Crippen LogP contribution in [0.2, 0.25) is 0 Å². The summed E-state index contributed by atoms with van der Waals surface area (Å²) in [5, 5.41) is 2.32. The average molecular weight is 489 g/mol. The first-order valence-corrected chi connectivity index (χ1v) is 13.0. The molecule has 1 aliphatic heterocycles. The van der Waals surface area contributed by atoms with Crippen LogP contribution in [0.25, 0.3) is 38.8 Å². The first-order chi connectivity index (χ1) is 17.6. The maximum atomic E-state index is 6.58. The Hall–Kier alpha value is -3.48. The van der Waals surface area contributed by atoms with Gasteiger partial charge in [-0.25, -0.2) is 4.98 Å². The first kappa shape index (κ1) is 23.9. The molecule has 37 heavy (non-hydrogen) atoms. The third kappa shape index (κ3) is 3.96. The van der Waals surface area contributed by atoms with Gasteiger partial charge in [-0.05, 0) is 68.8 Å². The number of rotatable bonds is 4. The molecule has 1 saturated heterocycles. The first-order valence-electron chi connectivity index (χ1n) is 13.0. The number of hydrogen-bond acceptors (Lipinski definition) is 4. The van der Waals surface area contributed by atoms with Gasteiger partial charge in [-0.1, -0.05) is 56.3 Å². The topological polar surface area (TPSA) is 49.2 Å². The van der Waals surface area contributed by atoms with E-state index in [4.69, 9.17) is 14.3 Å². The number of imidazole rings is 1. The minimum absolute atomic E-state index is 0.211. The Labute approximate surface area is 218 Å². The zero-order valence-corrected chi connectivity index (χ0v) is 22.3. The summed E-state index contributed by atoms with van der Waals surface area (Å²) >= 11 is 0. The number of aromatic nitrogens is 3. The number of nitrogens with zero attached hydrogens (tertiary/aromatic N) is 3. The van der Waals surface area contributed by atoms with E-state index in [-0.39, 0.29) is 5.92 Å². The fourth-order valence-electron chi connectivity index (χ4n) is 5.03. The Morgan fingerprint density at radius 2 is 1.49 bits per heavy atom. The lowest BCUT2D eigenvalue weighted by Crippen LogP contribution is -2.41. The molecule has 0 aliphatic carbocycles. The Bertz CT molecular complexity index is 1610. The number of fused-ring (bicyclic) bond motifs is 2. The second-order valence-electron chi connectivity index (χ2n) is 11.2. The van der Waals surface area contributed by atoms with Gasteiger partial charge in [-0.3, -0.25) is 9.55 Å². The molecule has 0 unspecified atom stereocenters. The molecule has 1 aliphatic rings. The van der Waals surface area contributed by atoms with Crippen molar-refractivity contribution in [1.82, 2.24) is 14.5 Å². The highest BCUT2D eigenvalue weighted by Gasteiger charge is 2.52. The fraction of sp³-hybridized carbons (Fsp3) is 0.290. The highest BCUT2D eigenvalue weighted by atomic mass is 16.7. The monoisotopic (exact) mass is 489 g/mol. The summed E-state index contributed by atoms with van der Waals surface area (Å²) in [6, 6.07) is 25.3. The van der Waals surface area contributed by atoms with Gasteiger partial charge in [0.15, 0.2) is 0 Å². The van der Waals surface area contributed by atoms with Crippen LogP contribution >= 0.6 is 0 Å². The van der Waals surface area contributed by atoms with E-state index in [9.17, 15) is 0 Å². The van der Waals surface area contributed by atoms with Gasteiger partial charge in [-0.2, -0.15) is 0 Å². The molecule has 3 aromatic carbocycles. The highest BCUT2D eigenvalue weighted by Crippen LogP contribution is 2.38. The molecular weight excluding hydrogens is 457 g/mol. The van der Waals surface area contributed by atoms with Gasteiger partial charge < -0.3 is 9.31 Å². The molecular formula is C31H32BN3O2. The predicted octanol–water partition coefficient (Wildman–Crippen LogP) is 6.66. The Balaban J connectivity index is 1.64. The molecule has 2 aromatic heterocycles. The van der Waals surface area contributed by atoms with Crippen LogP contribution in [0.4, 0.5) is 0 Å². The second-order valence-corrected chi connectivity index (χ2v) is 11.2. The maximum absolute atomic E-state index is 6.58. The van der Waals surface area contributed by atoms with Crippen molar-refractivity contribution in [2.45, 2.75) is 58.7 Å². The number of benzene rings is 3. The zero-order chi connectivity index (χ0) is 25.9. The van der Waals surface area contributed by atoms with Crippen molar-refractivity contribution in [2.24, 2.45) is 0 Å². The SMILES string of the molecule is CC(C)c1nc2ccc(-c3ccccn3)cc2n1-c1cc2ccccc2cc1B1OC(C)(C)C(C)(C)O1. The summed E-state index contributed by atoms with van der Waals surface area (Å²) in [6.45, 7) is 12.8. The zero-order valence-electron chi connectivity index (χ0n) is 22.3. The van der Waals surface area contributed by atoms with Gasteiger partial charge in [0.05, 0.1) is 27.9 Å². The van der Waals surface area contributed by atoms with Crippen molar-refractivity contribution in [3.05, 3.63) is 84.8 Å². The molecule has 6 heteroatoms. The normalized spacial score (nSPS) is 16.8. The van der Waals surface area contributed by atoms with Crippen LogP contribution in [0.5, 0.6) is 0 Å². The van der Waals surface area contributed by atoms with Crippen molar-refractivity contribution in [3.8, 4) is 16.9 Å². The lowest BCUT2D eigenvalue weighted by molar-refractivity contribution is 0.00578. The molecule has 186 valence electrons. The highest BCUT2D eigenvalue weighted by molar-refractivity contribution is 6.63. The van der Waals surface area contributed by atoms with Gasteiger partial charge in [0.2, 0.25) is 0 Å². The summed E-state index contributed by atoms with van der Waals surface area (Å²) in [7, 11) is -0.499. The predicted molar refractivity (Wildman–Crippen MR) is 152 cm³/mol. The molecule has 3 heterocycles. The van der Waals surface area contributed by atoms with E-state index in [1.807, 2.05) is 24.4 Å². The average Bonchev–Trinajstić information content (AvgIpc) is 3.36. The van der Waals surface area contributed by atoms with E-state index in [0.29, 0.717) is 0 Å². The quantitative estimate of drug-likeness (QED) is 0.265. The van der Waals surface area contributed by atoms with Gasteiger partial charge in [-0.15, -0.1) is 0 Å². The second kappa shape index (κ2) is 8.54. The van der Waals surface area contributed by atoms with Gasteiger partial charge in [0, 0.05) is 28.8 Å². The van der Waals surface area contributed by atoms with Crippen molar-refractivity contribution >= 4 is 34.4 Å². The van der Waals surface area contributed by atoms with E-state index in [2.05, 4.69) is 106 Å². The molecule has 1 fully saturated rings. The maximum Gasteiger partial charge on any atom is 0.497 e. The van der Waals surface area contributed by atoms with Crippen LogP contribution < -0.4 is 5.46 Å². The largest absolute Gasteiger partial charge is 0.497 e. The lowest BCUT2D eigenvalue weighted by atomic mass is 9.76. The Morgan fingerprint density at radius 1 is 0.811 bits per heavy atom. The van der Waals surface area contributed by atoms with Crippen molar-refractivity contribution in [2.75, 3.05) is 0 Å². The van der Waals surface area contributed by atoms with E-state index in [0.717, 1.165) is 50.0 Å². The third-order valence-corrected chi connectivity index (χ3v) is 7.80. The Morgan fingerprint density at radius 3 is 2.14 bits per heavy atom. The molecule has 0 atom stereocenters. The molecule has 0 saturated carbocycles. The van der Waals surface area contributed by atoms with E-state index >= 15 is 0 Å². The van der Waals surface area contributed by atoms with Crippen LogP contribution in [0.1, 0.15) is 53.3 Å². The molecule has 0 amide bonds. The minimum Gasteiger partial charge on any atom is -0.399 e. The van der Waals surface area contributed by atoms with E-state index in [1.54, 1.807) is 0 Å². The van der Waals surface area contributed by atoms with Crippen LogP contribution in [0.3, 0.4) is 0 Å². The standard InChI is InChI=1S/C31H32BN3O2/c1-20(2)29-34-26-15-14-23(25-13-9-10-16-33-25)19-28(26)35(29)27-18-22-12-8-7-11-21(22)17-24(27)32-36-30(3,4)31(5,6)37-32/h7-20H,1-6H3.